The Morgan fingerprint density at radius 3 is 2.81 bits per heavy atom. The molecule has 1 fully saturated rings. The average Bonchev–Trinajstić information content (AvgIpc) is 3.03. The van der Waals surface area contributed by atoms with Crippen molar-refractivity contribution in [2.45, 2.75) is 26.2 Å². The van der Waals surface area contributed by atoms with Gasteiger partial charge in [0.1, 0.15) is 0 Å². The lowest BCUT2D eigenvalue weighted by atomic mass is 10.1. The molecule has 0 saturated carbocycles. The van der Waals surface area contributed by atoms with Crippen molar-refractivity contribution in [1.29, 1.82) is 0 Å². The molecule has 1 aromatic carbocycles. The Labute approximate surface area is 150 Å². The van der Waals surface area contributed by atoms with Gasteiger partial charge in [-0.15, -0.1) is 0 Å². The molecule has 2 amide bonds. The van der Waals surface area contributed by atoms with Crippen LogP contribution < -0.4 is 10.2 Å². The van der Waals surface area contributed by atoms with Gasteiger partial charge in [0.05, 0.1) is 11.9 Å². The molecular formula is C19H19N5O2. The first-order valence-corrected chi connectivity index (χ1v) is 8.64. The van der Waals surface area contributed by atoms with Gasteiger partial charge in [-0.1, -0.05) is 0 Å². The number of carbonyl (C=O) groups excluding carboxylic acids is 2. The Morgan fingerprint density at radius 1 is 1.23 bits per heavy atom. The summed E-state index contributed by atoms with van der Waals surface area (Å²) in [5.74, 6) is -0.0767. The van der Waals surface area contributed by atoms with Crippen LogP contribution in [0.1, 0.15) is 35.3 Å². The van der Waals surface area contributed by atoms with E-state index in [1.165, 1.54) is 0 Å². The van der Waals surface area contributed by atoms with Crippen LogP contribution >= 0.6 is 0 Å². The van der Waals surface area contributed by atoms with Crippen molar-refractivity contribution in [2.24, 2.45) is 0 Å². The van der Waals surface area contributed by atoms with Gasteiger partial charge in [-0.2, -0.15) is 5.10 Å². The quantitative estimate of drug-likeness (QED) is 0.760. The molecule has 26 heavy (non-hydrogen) atoms. The van der Waals surface area contributed by atoms with Crippen LogP contribution in [0.15, 0.2) is 36.5 Å². The molecule has 0 atom stereocenters. The number of pyridine rings is 1. The van der Waals surface area contributed by atoms with Crippen molar-refractivity contribution < 1.29 is 9.59 Å². The Bertz CT molecular complexity index is 977. The van der Waals surface area contributed by atoms with Crippen molar-refractivity contribution in [2.75, 3.05) is 16.8 Å². The Hall–Kier alpha value is -3.22. The zero-order chi connectivity index (χ0) is 18.1. The lowest BCUT2D eigenvalue weighted by Gasteiger charge is -2.26. The predicted octanol–water partition coefficient (Wildman–Crippen LogP) is 3.04. The number of rotatable bonds is 3. The Morgan fingerprint density at radius 2 is 2.04 bits per heavy atom. The second-order valence-corrected chi connectivity index (χ2v) is 6.45. The zero-order valence-corrected chi connectivity index (χ0v) is 14.5. The molecule has 7 heteroatoms. The molecule has 0 radical (unpaired) electrons. The third-order valence-corrected chi connectivity index (χ3v) is 4.62. The molecule has 3 aromatic rings. The number of aromatic nitrogens is 3. The molecule has 2 N–H and O–H groups in total. The normalized spacial score (nSPS) is 14.7. The number of piperidine rings is 1. The predicted molar refractivity (Wildman–Crippen MR) is 99.2 cm³/mol. The van der Waals surface area contributed by atoms with Crippen LogP contribution in [0.4, 0.5) is 11.4 Å². The molecule has 0 bridgehead atoms. The molecular weight excluding hydrogens is 330 g/mol. The van der Waals surface area contributed by atoms with Crippen LogP contribution in [-0.4, -0.2) is 33.5 Å². The van der Waals surface area contributed by atoms with Crippen molar-refractivity contribution in [3.8, 4) is 0 Å². The van der Waals surface area contributed by atoms with E-state index in [-0.39, 0.29) is 11.8 Å². The SMILES string of the molecule is Cc1[nH]nc2ncc(NC(=O)c3ccc(N4CCCCC4=O)cc3)cc12. The molecule has 4 rings (SSSR count). The first-order valence-electron chi connectivity index (χ1n) is 8.64. The summed E-state index contributed by atoms with van der Waals surface area (Å²) in [6.07, 6.45) is 4.13. The van der Waals surface area contributed by atoms with Gasteiger partial charge in [-0.05, 0) is 50.1 Å². The van der Waals surface area contributed by atoms with E-state index in [1.54, 1.807) is 23.2 Å². The summed E-state index contributed by atoms with van der Waals surface area (Å²) in [5, 5.41) is 10.7. The maximum Gasteiger partial charge on any atom is 0.255 e. The molecule has 1 saturated heterocycles. The van der Waals surface area contributed by atoms with Crippen LogP contribution in [-0.2, 0) is 4.79 Å². The second kappa shape index (κ2) is 6.59. The number of nitrogens with one attached hydrogen (secondary N) is 2. The summed E-state index contributed by atoms with van der Waals surface area (Å²) in [4.78, 5) is 30.5. The molecule has 0 spiro atoms. The van der Waals surface area contributed by atoms with Crippen molar-refractivity contribution in [1.82, 2.24) is 15.2 Å². The molecule has 1 aliphatic heterocycles. The van der Waals surface area contributed by atoms with Crippen molar-refractivity contribution in [3.05, 3.63) is 47.8 Å². The number of benzene rings is 1. The number of amides is 2. The highest BCUT2D eigenvalue weighted by Crippen LogP contribution is 2.22. The number of anilines is 2. The highest BCUT2D eigenvalue weighted by molar-refractivity contribution is 6.05. The van der Waals surface area contributed by atoms with Crippen molar-refractivity contribution in [3.63, 3.8) is 0 Å². The van der Waals surface area contributed by atoms with Crippen LogP contribution in [0.25, 0.3) is 11.0 Å². The van der Waals surface area contributed by atoms with E-state index in [0.717, 1.165) is 36.2 Å². The minimum absolute atomic E-state index is 0.142. The minimum Gasteiger partial charge on any atom is -0.321 e. The van der Waals surface area contributed by atoms with E-state index in [1.807, 2.05) is 25.1 Å². The first-order chi connectivity index (χ1) is 12.6. The fraction of sp³-hybridized carbons (Fsp3) is 0.263. The topological polar surface area (TPSA) is 91.0 Å². The van der Waals surface area contributed by atoms with Gasteiger partial charge in [0.25, 0.3) is 5.91 Å². The van der Waals surface area contributed by atoms with E-state index in [4.69, 9.17) is 0 Å². The maximum atomic E-state index is 12.5. The largest absolute Gasteiger partial charge is 0.321 e. The average molecular weight is 349 g/mol. The summed E-state index contributed by atoms with van der Waals surface area (Å²) in [7, 11) is 0. The number of carbonyl (C=O) groups is 2. The number of hydrogen-bond donors (Lipinski definition) is 2. The summed E-state index contributed by atoms with van der Waals surface area (Å²) in [6.45, 7) is 2.64. The van der Waals surface area contributed by atoms with Gasteiger partial charge >= 0.3 is 0 Å². The molecule has 0 aliphatic carbocycles. The van der Waals surface area contributed by atoms with E-state index in [0.29, 0.717) is 23.3 Å². The smallest absolute Gasteiger partial charge is 0.255 e. The van der Waals surface area contributed by atoms with Crippen molar-refractivity contribution >= 4 is 34.2 Å². The lowest BCUT2D eigenvalue weighted by Crippen LogP contribution is -2.35. The van der Waals surface area contributed by atoms with Gasteiger partial charge in [0.15, 0.2) is 5.65 Å². The number of fused-ring (bicyclic) bond motifs is 1. The first kappa shape index (κ1) is 16.3. The standard InChI is InChI=1S/C19H19N5O2/c1-12-16-10-14(11-20-18(16)23-22-12)21-19(26)13-5-7-15(8-6-13)24-9-3-2-4-17(24)25/h5-8,10-11H,2-4,9H2,1H3,(H,21,26)(H,20,22,23). The van der Waals surface area contributed by atoms with Gasteiger partial charge in [0.2, 0.25) is 5.91 Å². The monoisotopic (exact) mass is 349 g/mol. The minimum atomic E-state index is -0.219. The molecule has 2 aromatic heterocycles. The van der Waals surface area contributed by atoms with Gasteiger partial charge in [-0.3, -0.25) is 14.7 Å². The third-order valence-electron chi connectivity index (χ3n) is 4.62. The van der Waals surface area contributed by atoms with E-state index in [9.17, 15) is 9.59 Å². The van der Waals surface area contributed by atoms with Gasteiger partial charge in [0, 0.05) is 35.3 Å². The number of aryl methyl sites for hydroxylation is 1. The Kier molecular flexibility index (Phi) is 4.12. The zero-order valence-electron chi connectivity index (χ0n) is 14.5. The van der Waals surface area contributed by atoms with Crippen LogP contribution in [0.2, 0.25) is 0 Å². The molecule has 7 nitrogen and oxygen atoms in total. The molecule has 1 aliphatic rings. The number of H-pyrrole nitrogens is 1. The molecule has 3 heterocycles. The lowest BCUT2D eigenvalue weighted by molar-refractivity contribution is -0.119. The second-order valence-electron chi connectivity index (χ2n) is 6.45. The third kappa shape index (κ3) is 3.03. The highest BCUT2D eigenvalue weighted by Gasteiger charge is 2.19. The van der Waals surface area contributed by atoms with E-state index >= 15 is 0 Å². The molecule has 0 unspecified atom stereocenters. The van der Waals surface area contributed by atoms with Crippen LogP contribution in [0.3, 0.4) is 0 Å². The van der Waals surface area contributed by atoms with Crippen LogP contribution in [0.5, 0.6) is 0 Å². The van der Waals surface area contributed by atoms with Gasteiger partial charge in [-0.25, -0.2) is 4.98 Å². The number of hydrogen-bond acceptors (Lipinski definition) is 4. The van der Waals surface area contributed by atoms with Gasteiger partial charge < -0.3 is 10.2 Å². The number of aromatic amines is 1. The summed E-state index contributed by atoms with van der Waals surface area (Å²) in [5.41, 5.74) is 3.50. The number of nitrogens with zero attached hydrogens (tertiary/aromatic N) is 3. The Balaban J connectivity index is 1.50. The van der Waals surface area contributed by atoms with E-state index in [2.05, 4.69) is 20.5 Å². The van der Waals surface area contributed by atoms with Crippen LogP contribution in [0, 0.1) is 6.92 Å². The summed E-state index contributed by atoms with van der Waals surface area (Å²) < 4.78 is 0. The molecule has 132 valence electrons. The highest BCUT2D eigenvalue weighted by atomic mass is 16.2. The maximum absolute atomic E-state index is 12.5. The fourth-order valence-electron chi connectivity index (χ4n) is 3.16. The fourth-order valence-corrected chi connectivity index (χ4v) is 3.16. The summed E-state index contributed by atoms with van der Waals surface area (Å²) in [6, 6.07) is 8.96. The van der Waals surface area contributed by atoms with E-state index < -0.39 is 0 Å². The summed E-state index contributed by atoms with van der Waals surface area (Å²) >= 11 is 0.